The first-order valence-electron chi connectivity index (χ1n) is 9.32. The van der Waals surface area contributed by atoms with Gasteiger partial charge in [0.2, 0.25) is 5.91 Å². The van der Waals surface area contributed by atoms with Crippen molar-refractivity contribution in [2.24, 2.45) is 10.9 Å². The summed E-state index contributed by atoms with van der Waals surface area (Å²) in [6, 6.07) is 9.30. The van der Waals surface area contributed by atoms with Crippen LogP contribution in [0, 0.1) is 11.7 Å². The number of allylic oxidation sites excluding steroid dienone is 2. The fourth-order valence-corrected chi connectivity index (χ4v) is 4.02. The molecular weight excluding hydrogens is 357 g/mol. The second-order valence-corrected chi connectivity index (χ2v) is 7.13. The van der Waals surface area contributed by atoms with Gasteiger partial charge in [-0.15, -0.1) is 0 Å². The highest BCUT2D eigenvalue weighted by Gasteiger charge is 2.42. The topological polar surface area (TPSA) is 71.4 Å². The molecule has 2 aliphatic rings. The molecule has 1 unspecified atom stereocenters. The van der Waals surface area contributed by atoms with Crippen LogP contribution in [0.3, 0.4) is 0 Å². The van der Waals surface area contributed by atoms with Gasteiger partial charge in [0.05, 0.1) is 5.92 Å². The number of pyridine rings is 1. The number of anilines is 1. The first-order chi connectivity index (χ1) is 13.5. The lowest BCUT2D eigenvalue weighted by Crippen LogP contribution is -2.39. The number of carbonyl (C=O) groups excluding carboxylic acids is 2. The Morgan fingerprint density at radius 2 is 1.96 bits per heavy atom. The van der Waals surface area contributed by atoms with Gasteiger partial charge in [0.15, 0.2) is 5.78 Å². The van der Waals surface area contributed by atoms with Crippen LogP contribution < -0.4 is 5.32 Å². The third kappa shape index (κ3) is 3.38. The van der Waals surface area contributed by atoms with Gasteiger partial charge in [-0.1, -0.05) is 6.07 Å². The smallest absolute Gasteiger partial charge is 0.234 e. The maximum Gasteiger partial charge on any atom is 0.234 e. The highest BCUT2D eigenvalue weighted by atomic mass is 19.1. The van der Waals surface area contributed by atoms with E-state index in [9.17, 15) is 14.0 Å². The van der Waals surface area contributed by atoms with E-state index in [-0.39, 0.29) is 17.5 Å². The van der Waals surface area contributed by atoms with Crippen molar-refractivity contribution in [1.29, 1.82) is 0 Å². The monoisotopic (exact) mass is 377 g/mol. The number of rotatable bonds is 3. The van der Waals surface area contributed by atoms with Crippen LogP contribution in [0.25, 0.3) is 0 Å². The van der Waals surface area contributed by atoms with Crippen LogP contribution in [0.5, 0.6) is 0 Å². The van der Waals surface area contributed by atoms with Crippen LogP contribution in [0.1, 0.15) is 37.7 Å². The van der Waals surface area contributed by atoms with E-state index >= 15 is 0 Å². The van der Waals surface area contributed by atoms with Crippen molar-refractivity contribution in [3.63, 3.8) is 0 Å². The summed E-state index contributed by atoms with van der Waals surface area (Å²) in [5.74, 6) is -1.65. The van der Waals surface area contributed by atoms with E-state index in [4.69, 9.17) is 0 Å². The van der Waals surface area contributed by atoms with Crippen molar-refractivity contribution in [2.75, 3.05) is 5.32 Å². The molecule has 28 heavy (non-hydrogen) atoms. The van der Waals surface area contributed by atoms with Gasteiger partial charge in [-0.05, 0) is 55.7 Å². The quantitative estimate of drug-likeness (QED) is 0.877. The Kier molecular flexibility index (Phi) is 4.86. The third-order valence-electron chi connectivity index (χ3n) is 5.27. The molecule has 1 amide bonds. The molecule has 4 rings (SSSR count). The van der Waals surface area contributed by atoms with Crippen LogP contribution >= 0.6 is 0 Å². The number of Topliss-reactive ketones (excluding diaryl/α,β-unsaturated/α-hetero) is 1. The molecule has 5 nitrogen and oxygen atoms in total. The molecule has 2 atom stereocenters. The Morgan fingerprint density at radius 1 is 1.18 bits per heavy atom. The van der Waals surface area contributed by atoms with Crippen molar-refractivity contribution >= 4 is 23.1 Å². The number of nitrogens with one attached hydrogen (secondary N) is 1. The van der Waals surface area contributed by atoms with Gasteiger partial charge in [0, 0.05) is 47.4 Å². The number of nitrogens with zero attached hydrogens (tertiary/aromatic N) is 2. The number of aliphatic imine (C=N–C) groups is 1. The number of aromatic nitrogens is 1. The minimum atomic E-state index is -0.630. The summed E-state index contributed by atoms with van der Waals surface area (Å²) in [5, 5.41) is 2.84. The van der Waals surface area contributed by atoms with E-state index in [1.54, 1.807) is 18.5 Å². The maximum absolute atomic E-state index is 13.2. The van der Waals surface area contributed by atoms with Gasteiger partial charge in [-0.2, -0.15) is 0 Å². The standard InChI is InChI=1S/C22H20FN3O2/c1-13-19(22(28)26-16-9-7-15(23)8-10-16)20(14-4-3-11-24-12-14)21-17(25-13)5-2-6-18(21)27/h3-4,7-12,19-20H,2,5-6H2,1H3,(H,26,28)/t19?,20-/m1/s1. The van der Waals surface area contributed by atoms with E-state index < -0.39 is 11.8 Å². The Balaban J connectivity index is 1.75. The van der Waals surface area contributed by atoms with E-state index in [1.165, 1.54) is 24.3 Å². The zero-order valence-electron chi connectivity index (χ0n) is 15.5. The second-order valence-electron chi connectivity index (χ2n) is 7.13. The number of halogens is 1. The lowest BCUT2D eigenvalue weighted by atomic mass is 9.71. The molecule has 6 heteroatoms. The molecule has 0 bridgehead atoms. The molecule has 2 aromatic rings. The molecule has 1 aromatic heterocycles. The zero-order chi connectivity index (χ0) is 19.7. The molecule has 0 radical (unpaired) electrons. The van der Waals surface area contributed by atoms with Crippen LogP contribution in [-0.2, 0) is 9.59 Å². The van der Waals surface area contributed by atoms with Gasteiger partial charge in [-0.25, -0.2) is 4.39 Å². The van der Waals surface area contributed by atoms with E-state index in [0.29, 0.717) is 23.4 Å². The highest BCUT2D eigenvalue weighted by molar-refractivity contribution is 6.13. The maximum atomic E-state index is 13.2. The summed E-state index contributed by atoms with van der Waals surface area (Å²) < 4.78 is 13.2. The molecule has 1 aromatic carbocycles. The van der Waals surface area contributed by atoms with Crippen LogP contribution in [0.4, 0.5) is 10.1 Å². The molecule has 1 aliphatic heterocycles. The summed E-state index contributed by atoms with van der Waals surface area (Å²) in [7, 11) is 0. The van der Waals surface area contributed by atoms with Crippen molar-refractivity contribution in [2.45, 2.75) is 32.1 Å². The summed E-state index contributed by atoms with van der Waals surface area (Å²) in [6.07, 6.45) is 5.35. The largest absolute Gasteiger partial charge is 0.325 e. The van der Waals surface area contributed by atoms with Gasteiger partial charge in [0.1, 0.15) is 5.82 Å². The fourth-order valence-electron chi connectivity index (χ4n) is 4.02. The van der Waals surface area contributed by atoms with E-state index in [0.717, 1.165) is 24.1 Å². The van der Waals surface area contributed by atoms with Crippen LogP contribution in [0.15, 0.2) is 65.1 Å². The van der Waals surface area contributed by atoms with Crippen molar-refractivity contribution in [3.8, 4) is 0 Å². The predicted octanol–water partition coefficient (Wildman–Crippen LogP) is 4.04. The molecule has 0 saturated carbocycles. The minimum Gasteiger partial charge on any atom is -0.325 e. The summed E-state index contributed by atoms with van der Waals surface area (Å²) >= 11 is 0. The second kappa shape index (κ2) is 7.46. The fraction of sp³-hybridized carbons (Fsp3) is 0.273. The lowest BCUT2D eigenvalue weighted by Gasteiger charge is -2.34. The molecule has 2 heterocycles. The van der Waals surface area contributed by atoms with Crippen molar-refractivity contribution < 1.29 is 14.0 Å². The summed E-state index contributed by atoms with van der Waals surface area (Å²) in [6.45, 7) is 1.82. The molecule has 1 aliphatic carbocycles. The third-order valence-corrected chi connectivity index (χ3v) is 5.27. The number of amides is 1. The zero-order valence-corrected chi connectivity index (χ0v) is 15.5. The molecule has 0 spiro atoms. The molecule has 1 N–H and O–H groups in total. The molecular formula is C22H20FN3O2. The van der Waals surface area contributed by atoms with Gasteiger partial charge in [-0.3, -0.25) is 19.6 Å². The van der Waals surface area contributed by atoms with E-state index in [2.05, 4.69) is 15.3 Å². The first kappa shape index (κ1) is 18.2. The summed E-state index contributed by atoms with van der Waals surface area (Å²) in [4.78, 5) is 34.8. The van der Waals surface area contributed by atoms with Gasteiger partial charge >= 0.3 is 0 Å². The lowest BCUT2D eigenvalue weighted by molar-refractivity contribution is -0.119. The number of carbonyl (C=O) groups is 2. The van der Waals surface area contributed by atoms with E-state index in [1.807, 2.05) is 13.0 Å². The number of hydrogen-bond acceptors (Lipinski definition) is 4. The number of ketones is 1. The Bertz CT molecular complexity index is 981. The number of hydrogen-bond donors (Lipinski definition) is 1. The van der Waals surface area contributed by atoms with Crippen molar-refractivity contribution in [3.05, 3.63) is 71.4 Å². The molecule has 0 fully saturated rings. The summed E-state index contributed by atoms with van der Waals surface area (Å²) in [5.41, 5.74) is 3.40. The predicted molar refractivity (Wildman–Crippen MR) is 104 cm³/mol. The Morgan fingerprint density at radius 3 is 2.68 bits per heavy atom. The molecule has 0 saturated heterocycles. The first-order valence-corrected chi connectivity index (χ1v) is 9.32. The normalized spacial score (nSPS) is 21.8. The highest BCUT2D eigenvalue weighted by Crippen LogP contribution is 2.43. The SMILES string of the molecule is CC1=NC2=C(C(=O)CCC2)[C@H](c2cccnc2)C1C(=O)Nc1ccc(F)cc1. The average Bonchev–Trinajstić information content (AvgIpc) is 2.69. The number of benzene rings is 1. The van der Waals surface area contributed by atoms with Gasteiger partial charge < -0.3 is 5.32 Å². The Hall–Kier alpha value is -3.15. The van der Waals surface area contributed by atoms with Crippen LogP contribution in [-0.4, -0.2) is 22.4 Å². The van der Waals surface area contributed by atoms with Crippen LogP contribution in [0.2, 0.25) is 0 Å². The van der Waals surface area contributed by atoms with Crippen molar-refractivity contribution in [1.82, 2.24) is 4.98 Å². The minimum absolute atomic E-state index is 0.0472. The van der Waals surface area contributed by atoms with Gasteiger partial charge in [0.25, 0.3) is 0 Å². The Labute approximate surface area is 162 Å². The molecule has 142 valence electrons. The average molecular weight is 377 g/mol.